The first kappa shape index (κ1) is 16.2. The van der Waals surface area contributed by atoms with Crippen molar-refractivity contribution in [1.29, 1.82) is 0 Å². The van der Waals surface area contributed by atoms with Crippen LogP contribution in [0.15, 0.2) is 23.6 Å². The molecule has 2 amide bonds. The number of urea groups is 1. The van der Waals surface area contributed by atoms with Crippen molar-refractivity contribution in [3.05, 3.63) is 45.4 Å². The van der Waals surface area contributed by atoms with E-state index in [-0.39, 0.29) is 12.1 Å². The zero-order chi connectivity index (χ0) is 16.2. The fourth-order valence-electron chi connectivity index (χ4n) is 2.79. The molecule has 0 fully saturated rings. The Bertz CT molecular complexity index is 704. The summed E-state index contributed by atoms with van der Waals surface area (Å²) in [6, 6.07) is 5.62. The summed E-state index contributed by atoms with van der Waals surface area (Å²) in [5.74, 6) is 0. The average Bonchev–Trinajstić information content (AvgIpc) is 2.95. The van der Waals surface area contributed by atoms with Crippen LogP contribution in [0.3, 0.4) is 0 Å². The number of carbonyl (C=O) groups excluding carboxylic acids is 1. The van der Waals surface area contributed by atoms with Crippen LogP contribution in [0, 0.1) is 0 Å². The van der Waals surface area contributed by atoms with E-state index < -0.39 is 0 Å². The number of hydrogen-bond acceptors (Lipinski definition) is 4. The summed E-state index contributed by atoms with van der Waals surface area (Å²) in [5, 5.41) is 8.93. The van der Waals surface area contributed by atoms with E-state index in [1.165, 1.54) is 16.9 Å². The molecule has 1 aromatic heterocycles. The quantitative estimate of drug-likeness (QED) is 0.870. The van der Waals surface area contributed by atoms with Gasteiger partial charge < -0.3 is 10.1 Å². The van der Waals surface area contributed by atoms with Crippen LogP contribution in [0.25, 0.3) is 0 Å². The van der Waals surface area contributed by atoms with E-state index in [9.17, 15) is 4.79 Å². The fraction of sp³-hybridized carbons (Fsp3) is 0.375. The zero-order valence-electron chi connectivity index (χ0n) is 12.8. The van der Waals surface area contributed by atoms with Crippen molar-refractivity contribution in [3.63, 3.8) is 0 Å². The molecule has 0 spiro atoms. The highest BCUT2D eigenvalue weighted by Gasteiger charge is 2.22. The molecule has 122 valence electrons. The van der Waals surface area contributed by atoms with Crippen LogP contribution in [-0.2, 0) is 17.8 Å². The molecule has 0 unspecified atom stereocenters. The van der Waals surface area contributed by atoms with Crippen LogP contribution in [-0.4, -0.2) is 18.1 Å². The van der Waals surface area contributed by atoms with Gasteiger partial charge in [-0.2, -0.15) is 0 Å². The molecule has 3 rings (SSSR count). The minimum Gasteiger partial charge on any atom is -0.378 e. The summed E-state index contributed by atoms with van der Waals surface area (Å²) < 4.78 is 5.02. The second kappa shape index (κ2) is 7.29. The number of aryl methyl sites for hydroxylation is 1. The number of methoxy groups -OCH3 is 1. The number of amides is 2. The molecule has 7 heteroatoms. The van der Waals surface area contributed by atoms with E-state index in [2.05, 4.69) is 15.6 Å². The maximum atomic E-state index is 12.2. The molecule has 23 heavy (non-hydrogen) atoms. The third-order valence-electron chi connectivity index (χ3n) is 3.79. The summed E-state index contributed by atoms with van der Waals surface area (Å²) in [7, 11) is 1.62. The van der Waals surface area contributed by atoms with Crippen molar-refractivity contribution in [3.8, 4) is 0 Å². The Labute approximate surface area is 144 Å². The van der Waals surface area contributed by atoms with Crippen LogP contribution < -0.4 is 10.6 Å². The maximum absolute atomic E-state index is 12.2. The van der Waals surface area contributed by atoms with Gasteiger partial charge in [-0.15, -0.1) is 11.3 Å². The molecule has 1 aliphatic carbocycles. The van der Waals surface area contributed by atoms with Crippen LogP contribution >= 0.6 is 22.9 Å². The highest BCUT2D eigenvalue weighted by Crippen LogP contribution is 2.31. The van der Waals surface area contributed by atoms with Crippen LogP contribution in [0.2, 0.25) is 5.02 Å². The van der Waals surface area contributed by atoms with Gasteiger partial charge >= 0.3 is 6.03 Å². The van der Waals surface area contributed by atoms with Crippen molar-refractivity contribution in [1.82, 2.24) is 10.3 Å². The zero-order valence-corrected chi connectivity index (χ0v) is 14.3. The number of halogens is 1. The molecular weight excluding hydrogens is 334 g/mol. The molecule has 0 bridgehead atoms. The fourth-order valence-corrected chi connectivity index (χ4v) is 3.66. The van der Waals surface area contributed by atoms with E-state index in [0.29, 0.717) is 16.8 Å². The van der Waals surface area contributed by atoms with E-state index >= 15 is 0 Å². The number of ether oxygens (including phenoxy) is 1. The van der Waals surface area contributed by atoms with Crippen LogP contribution in [0.1, 0.15) is 35.7 Å². The van der Waals surface area contributed by atoms with Crippen molar-refractivity contribution >= 4 is 34.1 Å². The second-order valence-electron chi connectivity index (χ2n) is 5.46. The third-order valence-corrected chi connectivity index (χ3v) is 4.83. The molecule has 2 N–H and O–H groups in total. The van der Waals surface area contributed by atoms with Gasteiger partial charge in [0.05, 0.1) is 18.3 Å². The summed E-state index contributed by atoms with van der Waals surface area (Å²) in [6.07, 6.45) is 2.99. The number of fused-ring (bicyclic) bond motifs is 1. The number of thiazole rings is 1. The third kappa shape index (κ3) is 4.02. The molecule has 1 heterocycles. The van der Waals surface area contributed by atoms with Gasteiger partial charge in [-0.05, 0) is 42.5 Å². The maximum Gasteiger partial charge on any atom is 0.321 e. The van der Waals surface area contributed by atoms with Gasteiger partial charge in [-0.1, -0.05) is 17.7 Å². The summed E-state index contributed by atoms with van der Waals surface area (Å²) in [4.78, 5) is 16.5. The van der Waals surface area contributed by atoms with Crippen LogP contribution in [0.4, 0.5) is 9.93 Å². The molecule has 1 aromatic carbocycles. The molecular formula is C16H18ClN3O2S. The topological polar surface area (TPSA) is 63.2 Å². The highest BCUT2D eigenvalue weighted by atomic mass is 35.5. The predicted molar refractivity (Wildman–Crippen MR) is 92.1 cm³/mol. The second-order valence-corrected chi connectivity index (χ2v) is 6.76. The highest BCUT2D eigenvalue weighted by molar-refractivity contribution is 7.13. The molecule has 1 atom stereocenters. The van der Waals surface area contributed by atoms with Crippen molar-refractivity contribution in [2.75, 3.05) is 12.4 Å². The number of benzene rings is 1. The first-order valence-corrected chi connectivity index (χ1v) is 8.70. The van der Waals surface area contributed by atoms with Gasteiger partial charge in [-0.25, -0.2) is 9.78 Å². The van der Waals surface area contributed by atoms with E-state index in [0.717, 1.165) is 30.5 Å². The Kier molecular flexibility index (Phi) is 5.15. The van der Waals surface area contributed by atoms with Gasteiger partial charge in [-0.3, -0.25) is 5.32 Å². The summed E-state index contributed by atoms with van der Waals surface area (Å²) in [5.41, 5.74) is 3.17. The molecule has 0 radical (unpaired) electrons. The number of nitrogens with zero attached hydrogens (tertiary/aromatic N) is 1. The molecule has 0 aliphatic heterocycles. The minimum atomic E-state index is -0.249. The Morgan fingerprint density at radius 2 is 2.39 bits per heavy atom. The number of rotatable bonds is 4. The van der Waals surface area contributed by atoms with Gasteiger partial charge in [0.25, 0.3) is 0 Å². The lowest BCUT2D eigenvalue weighted by molar-refractivity contribution is 0.182. The van der Waals surface area contributed by atoms with E-state index in [4.69, 9.17) is 16.3 Å². The van der Waals surface area contributed by atoms with Gasteiger partial charge in [0.2, 0.25) is 0 Å². The smallest absolute Gasteiger partial charge is 0.321 e. The molecule has 2 aromatic rings. The normalized spacial score (nSPS) is 16.7. The lowest BCUT2D eigenvalue weighted by Crippen LogP contribution is -2.34. The standard InChI is InChI=1S/C16H18ClN3O2S/c1-22-8-12-9-23-16(18-12)20-15(21)19-14-4-2-3-10-5-6-11(17)7-13(10)14/h5-7,9,14H,2-4,8H2,1H3,(H2,18,19,20,21)/t14-/m1/s1. The number of nitrogens with one attached hydrogen (secondary N) is 2. The first-order chi connectivity index (χ1) is 11.2. The SMILES string of the molecule is COCc1csc(NC(=O)N[C@@H]2CCCc3ccc(Cl)cc32)n1. The molecule has 1 aliphatic rings. The lowest BCUT2D eigenvalue weighted by atomic mass is 9.88. The van der Waals surface area contributed by atoms with Gasteiger partial charge in [0.15, 0.2) is 5.13 Å². The Balaban J connectivity index is 1.65. The predicted octanol–water partition coefficient (Wildman–Crippen LogP) is 4.14. The minimum absolute atomic E-state index is 0.0177. The Morgan fingerprint density at radius 3 is 3.22 bits per heavy atom. The number of hydrogen-bond donors (Lipinski definition) is 2. The number of carbonyl (C=O) groups is 1. The summed E-state index contributed by atoms with van der Waals surface area (Å²) >= 11 is 7.48. The lowest BCUT2D eigenvalue weighted by Gasteiger charge is -2.26. The van der Waals surface area contributed by atoms with Gasteiger partial charge in [0.1, 0.15) is 0 Å². The van der Waals surface area contributed by atoms with E-state index in [1.54, 1.807) is 7.11 Å². The Morgan fingerprint density at radius 1 is 1.52 bits per heavy atom. The molecule has 0 saturated carbocycles. The average molecular weight is 352 g/mol. The van der Waals surface area contributed by atoms with Crippen LogP contribution in [0.5, 0.6) is 0 Å². The van der Waals surface area contributed by atoms with Crippen molar-refractivity contribution < 1.29 is 9.53 Å². The number of aromatic nitrogens is 1. The Hall–Kier alpha value is -1.63. The van der Waals surface area contributed by atoms with Crippen molar-refractivity contribution in [2.24, 2.45) is 0 Å². The van der Waals surface area contributed by atoms with E-state index in [1.807, 2.05) is 23.6 Å². The monoisotopic (exact) mass is 351 g/mol. The van der Waals surface area contributed by atoms with Crippen molar-refractivity contribution in [2.45, 2.75) is 31.9 Å². The summed E-state index contributed by atoms with van der Waals surface area (Å²) in [6.45, 7) is 0.439. The molecule has 0 saturated heterocycles. The number of anilines is 1. The first-order valence-electron chi connectivity index (χ1n) is 7.45. The largest absolute Gasteiger partial charge is 0.378 e. The van der Waals surface area contributed by atoms with Gasteiger partial charge in [0, 0.05) is 17.5 Å². The molecule has 5 nitrogen and oxygen atoms in total.